The Morgan fingerprint density at radius 2 is 1.96 bits per heavy atom. The van der Waals surface area contributed by atoms with Gasteiger partial charge < -0.3 is 21.3 Å². The maximum atomic E-state index is 11.9. The number of amides is 2. The van der Waals surface area contributed by atoms with Gasteiger partial charge in [-0.15, -0.1) is 11.3 Å². The van der Waals surface area contributed by atoms with E-state index < -0.39 is 5.91 Å². The zero-order valence-electron chi connectivity index (χ0n) is 16.4. The van der Waals surface area contributed by atoms with Gasteiger partial charge in [0.05, 0.1) is 30.3 Å². The van der Waals surface area contributed by atoms with Gasteiger partial charge >= 0.3 is 0 Å². The Labute approximate surface area is 168 Å². The highest BCUT2D eigenvalue weighted by Crippen LogP contribution is 2.10. The zero-order chi connectivity index (χ0) is 20.5. The molecule has 0 aliphatic rings. The van der Waals surface area contributed by atoms with Crippen LogP contribution in [0.4, 0.5) is 0 Å². The minimum Gasteiger partial charge on any atom is -0.368 e. The molecule has 1 aromatic heterocycles. The van der Waals surface area contributed by atoms with Gasteiger partial charge in [-0.25, -0.2) is 9.98 Å². The monoisotopic (exact) mass is 402 g/mol. The number of nitrogens with two attached hydrogens (primary N) is 1. The lowest BCUT2D eigenvalue weighted by Gasteiger charge is -2.21. The van der Waals surface area contributed by atoms with Gasteiger partial charge in [0.25, 0.3) is 5.91 Å². The van der Waals surface area contributed by atoms with Crippen LogP contribution in [-0.4, -0.2) is 47.8 Å². The molecule has 150 valence electrons. The van der Waals surface area contributed by atoms with Gasteiger partial charge in [0.1, 0.15) is 0 Å². The summed E-state index contributed by atoms with van der Waals surface area (Å²) in [5.41, 5.74) is 7.48. The molecule has 1 aromatic carbocycles. The second-order valence-electron chi connectivity index (χ2n) is 6.23. The van der Waals surface area contributed by atoms with E-state index in [4.69, 9.17) is 5.73 Å². The Balaban J connectivity index is 1.99. The van der Waals surface area contributed by atoms with Crippen LogP contribution in [0.2, 0.25) is 0 Å². The van der Waals surface area contributed by atoms with Crippen molar-refractivity contribution in [2.24, 2.45) is 10.7 Å². The smallest absolute Gasteiger partial charge is 0.251 e. The fraction of sp³-hybridized carbons (Fsp3) is 0.368. The summed E-state index contributed by atoms with van der Waals surface area (Å²) in [6.45, 7) is 5.75. The van der Waals surface area contributed by atoms with Crippen molar-refractivity contribution in [1.82, 2.24) is 20.5 Å². The molecule has 4 N–H and O–H groups in total. The average molecular weight is 403 g/mol. The quantitative estimate of drug-likeness (QED) is 0.455. The highest BCUT2D eigenvalue weighted by molar-refractivity contribution is 7.09. The van der Waals surface area contributed by atoms with E-state index in [1.807, 2.05) is 37.9 Å². The van der Waals surface area contributed by atoms with Crippen LogP contribution < -0.4 is 16.4 Å². The maximum Gasteiger partial charge on any atom is 0.251 e. The summed E-state index contributed by atoms with van der Waals surface area (Å²) in [4.78, 5) is 33.8. The molecule has 0 spiro atoms. The third-order valence-electron chi connectivity index (χ3n) is 3.81. The number of primary amides is 1. The van der Waals surface area contributed by atoms with Gasteiger partial charge in [0.2, 0.25) is 5.91 Å². The van der Waals surface area contributed by atoms with Gasteiger partial charge in [-0.3, -0.25) is 9.59 Å². The van der Waals surface area contributed by atoms with Gasteiger partial charge in [-0.1, -0.05) is 12.1 Å². The van der Waals surface area contributed by atoms with E-state index >= 15 is 0 Å². The van der Waals surface area contributed by atoms with E-state index in [-0.39, 0.29) is 12.5 Å². The van der Waals surface area contributed by atoms with Crippen LogP contribution in [0.15, 0.2) is 34.6 Å². The molecule has 8 nitrogen and oxygen atoms in total. The van der Waals surface area contributed by atoms with E-state index in [0.717, 1.165) is 28.8 Å². The Morgan fingerprint density at radius 1 is 1.25 bits per heavy atom. The number of nitrogens with zero attached hydrogens (tertiary/aromatic N) is 3. The van der Waals surface area contributed by atoms with E-state index in [0.29, 0.717) is 18.7 Å². The largest absolute Gasteiger partial charge is 0.368 e. The standard InChI is InChI=1S/C19H26N6O2S/c1-4-21-19(25(3)11-16-12-28-13(2)24-16)23-9-14-5-7-15(8-6-14)18(27)22-10-17(20)26/h5-8,12H,4,9-11H2,1-3H3,(H2,20,26)(H,21,23)(H,22,27). The molecule has 9 heteroatoms. The lowest BCUT2D eigenvalue weighted by atomic mass is 10.1. The number of carbonyl (C=O) groups excluding carboxylic acids is 2. The first-order chi connectivity index (χ1) is 13.4. The van der Waals surface area contributed by atoms with Crippen molar-refractivity contribution in [2.45, 2.75) is 26.9 Å². The molecule has 0 atom stereocenters. The molecule has 0 radical (unpaired) electrons. The molecule has 0 saturated heterocycles. The molecule has 1 heterocycles. The minimum atomic E-state index is -0.577. The van der Waals surface area contributed by atoms with Crippen LogP contribution in [0.5, 0.6) is 0 Å². The molecular weight excluding hydrogens is 376 g/mol. The Bertz CT molecular complexity index is 831. The van der Waals surface area contributed by atoms with Crippen LogP contribution in [0.25, 0.3) is 0 Å². The predicted octanol–water partition coefficient (Wildman–Crippen LogP) is 1.26. The normalized spacial score (nSPS) is 11.2. The van der Waals surface area contributed by atoms with E-state index in [1.54, 1.807) is 23.5 Å². The summed E-state index contributed by atoms with van der Waals surface area (Å²) in [7, 11) is 1.97. The molecule has 0 aliphatic carbocycles. The van der Waals surface area contributed by atoms with E-state index in [9.17, 15) is 9.59 Å². The van der Waals surface area contributed by atoms with Gasteiger partial charge in [-0.2, -0.15) is 0 Å². The highest BCUT2D eigenvalue weighted by atomic mass is 32.1. The van der Waals surface area contributed by atoms with Gasteiger partial charge in [0, 0.05) is 24.5 Å². The fourth-order valence-corrected chi connectivity index (χ4v) is 3.07. The third kappa shape index (κ3) is 6.66. The number of hydrogen-bond acceptors (Lipinski definition) is 5. The van der Waals surface area contributed by atoms with Crippen molar-refractivity contribution in [3.05, 3.63) is 51.5 Å². The average Bonchev–Trinajstić information content (AvgIpc) is 3.08. The molecule has 2 amide bonds. The molecule has 0 bridgehead atoms. The lowest BCUT2D eigenvalue weighted by molar-refractivity contribution is -0.117. The molecular formula is C19H26N6O2S. The number of nitrogens with one attached hydrogen (secondary N) is 2. The van der Waals surface area contributed by atoms with Crippen LogP contribution in [0.3, 0.4) is 0 Å². The number of hydrogen-bond donors (Lipinski definition) is 3. The SMILES string of the molecule is CCNC(=NCc1ccc(C(=O)NCC(N)=O)cc1)N(C)Cc1csc(C)n1. The van der Waals surface area contributed by atoms with Crippen LogP contribution in [-0.2, 0) is 17.9 Å². The van der Waals surface area contributed by atoms with Crippen molar-refractivity contribution in [3.63, 3.8) is 0 Å². The number of rotatable bonds is 8. The summed E-state index contributed by atoms with van der Waals surface area (Å²) >= 11 is 1.63. The molecule has 2 rings (SSSR count). The molecule has 0 fully saturated rings. The number of thiazole rings is 1. The van der Waals surface area contributed by atoms with Crippen molar-refractivity contribution >= 4 is 29.1 Å². The van der Waals surface area contributed by atoms with Gasteiger partial charge in [0.15, 0.2) is 5.96 Å². The first kappa shape index (κ1) is 21.4. The van der Waals surface area contributed by atoms with Crippen molar-refractivity contribution < 1.29 is 9.59 Å². The van der Waals surface area contributed by atoms with E-state index in [2.05, 4.69) is 26.0 Å². The minimum absolute atomic E-state index is 0.179. The Morgan fingerprint density at radius 3 is 2.54 bits per heavy atom. The van der Waals surface area contributed by atoms with Crippen molar-refractivity contribution in [3.8, 4) is 0 Å². The number of aryl methyl sites for hydroxylation is 1. The first-order valence-electron chi connectivity index (χ1n) is 8.95. The number of aliphatic imine (C=N–C) groups is 1. The Hall–Kier alpha value is -2.94. The summed E-state index contributed by atoms with van der Waals surface area (Å²) in [6, 6.07) is 7.10. The predicted molar refractivity (Wildman–Crippen MR) is 111 cm³/mol. The van der Waals surface area contributed by atoms with Crippen molar-refractivity contribution in [2.75, 3.05) is 20.1 Å². The van der Waals surface area contributed by atoms with Crippen LogP contribution >= 0.6 is 11.3 Å². The number of carbonyl (C=O) groups is 2. The fourth-order valence-electron chi connectivity index (χ4n) is 2.47. The third-order valence-corrected chi connectivity index (χ3v) is 4.64. The first-order valence-corrected chi connectivity index (χ1v) is 9.83. The second-order valence-corrected chi connectivity index (χ2v) is 7.29. The maximum absolute atomic E-state index is 11.9. The Kier molecular flexibility index (Phi) is 7.94. The number of aromatic nitrogens is 1. The summed E-state index contributed by atoms with van der Waals surface area (Å²) in [5, 5.41) is 8.84. The second kappa shape index (κ2) is 10.4. The molecule has 0 aliphatic heterocycles. The summed E-state index contributed by atoms with van der Waals surface area (Å²) < 4.78 is 0. The van der Waals surface area contributed by atoms with Crippen molar-refractivity contribution in [1.29, 1.82) is 0 Å². The molecule has 0 saturated carbocycles. The molecule has 28 heavy (non-hydrogen) atoms. The topological polar surface area (TPSA) is 113 Å². The highest BCUT2D eigenvalue weighted by Gasteiger charge is 2.09. The van der Waals surface area contributed by atoms with Gasteiger partial charge in [-0.05, 0) is 31.5 Å². The zero-order valence-corrected chi connectivity index (χ0v) is 17.2. The number of benzene rings is 1. The number of guanidine groups is 1. The van der Waals surface area contributed by atoms with Crippen LogP contribution in [0, 0.1) is 6.92 Å². The lowest BCUT2D eigenvalue weighted by Crippen LogP contribution is -2.38. The summed E-state index contributed by atoms with van der Waals surface area (Å²) in [6.07, 6.45) is 0. The van der Waals surface area contributed by atoms with E-state index in [1.165, 1.54) is 0 Å². The molecule has 0 unspecified atom stereocenters. The molecule has 2 aromatic rings. The van der Waals surface area contributed by atoms with Crippen LogP contribution in [0.1, 0.15) is 33.5 Å². The summed E-state index contributed by atoms with van der Waals surface area (Å²) in [5.74, 6) is -0.121.